The molecular formula is C24H22ClF4N3O. The zero-order valence-corrected chi connectivity index (χ0v) is 18.4. The van der Waals surface area contributed by atoms with Crippen LogP contribution in [0.4, 0.5) is 17.6 Å². The molecule has 1 aliphatic carbocycles. The van der Waals surface area contributed by atoms with E-state index in [-0.39, 0.29) is 18.1 Å². The monoisotopic (exact) mass is 479 g/mol. The Morgan fingerprint density at radius 1 is 1.06 bits per heavy atom. The van der Waals surface area contributed by atoms with Crippen molar-refractivity contribution < 1.29 is 22.4 Å². The number of carbonyl (C=O) groups is 1. The van der Waals surface area contributed by atoms with E-state index >= 15 is 0 Å². The zero-order valence-electron chi connectivity index (χ0n) is 17.6. The molecule has 2 aromatic carbocycles. The minimum atomic E-state index is -4.64. The molecule has 1 aliphatic rings. The van der Waals surface area contributed by atoms with Gasteiger partial charge in [0.05, 0.1) is 23.3 Å². The summed E-state index contributed by atoms with van der Waals surface area (Å²) in [6.07, 6.45) is -0.964. The predicted molar refractivity (Wildman–Crippen MR) is 117 cm³/mol. The summed E-state index contributed by atoms with van der Waals surface area (Å²) >= 11 is 6.01. The summed E-state index contributed by atoms with van der Waals surface area (Å²) in [7, 11) is 0. The Morgan fingerprint density at radius 3 is 2.45 bits per heavy atom. The van der Waals surface area contributed by atoms with Gasteiger partial charge in [0.15, 0.2) is 5.69 Å². The first-order chi connectivity index (χ1) is 15.7. The number of halogens is 5. The van der Waals surface area contributed by atoms with E-state index in [1.807, 2.05) is 0 Å². The molecule has 9 heteroatoms. The standard InChI is InChI=1S/C24H22ClF4N3O/c25-17-7-5-9-19(13-17)32-20(14-21(31-32)24(27,28)29)15-30-22(33)23(10-2-1-3-11-23)16-6-4-8-18(26)12-16/h4-9,12-14H,1-3,10-11,15H2,(H,30,33). The van der Waals surface area contributed by atoms with Crippen LogP contribution in [-0.2, 0) is 22.9 Å². The number of rotatable bonds is 5. The molecule has 0 aliphatic heterocycles. The van der Waals surface area contributed by atoms with Crippen LogP contribution in [0.25, 0.3) is 5.69 Å². The predicted octanol–water partition coefficient (Wildman–Crippen LogP) is 6.20. The summed E-state index contributed by atoms with van der Waals surface area (Å²) < 4.78 is 55.1. The third-order valence-electron chi connectivity index (χ3n) is 6.08. The van der Waals surface area contributed by atoms with Crippen molar-refractivity contribution in [2.24, 2.45) is 0 Å². The van der Waals surface area contributed by atoms with Gasteiger partial charge in [-0.1, -0.05) is 49.1 Å². The molecule has 0 spiro atoms. The van der Waals surface area contributed by atoms with Crippen LogP contribution in [0.15, 0.2) is 54.6 Å². The molecule has 1 heterocycles. The van der Waals surface area contributed by atoms with Gasteiger partial charge in [0.25, 0.3) is 0 Å². The molecule has 1 amide bonds. The van der Waals surface area contributed by atoms with Gasteiger partial charge in [-0.25, -0.2) is 9.07 Å². The number of hydrogen-bond donors (Lipinski definition) is 1. The highest BCUT2D eigenvalue weighted by Crippen LogP contribution is 2.40. The summed E-state index contributed by atoms with van der Waals surface area (Å²) in [6, 6.07) is 13.2. The quantitative estimate of drug-likeness (QED) is 0.443. The molecule has 3 aromatic rings. The smallest absolute Gasteiger partial charge is 0.350 e. The van der Waals surface area contributed by atoms with Crippen LogP contribution in [0, 0.1) is 5.82 Å². The Balaban J connectivity index is 1.65. The van der Waals surface area contributed by atoms with Gasteiger partial charge in [-0.05, 0) is 54.8 Å². The van der Waals surface area contributed by atoms with Crippen LogP contribution in [0.3, 0.4) is 0 Å². The van der Waals surface area contributed by atoms with Crippen molar-refractivity contribution in [3.05, 3.63) is 82.4 Å². The molecule has 4 nitrogen and oxygen atoms in total. The van der Waals surface area contributed by atoms with Crippen molar-refractivity contribution in [2.45, 2.75) is 50.2 Å². The van der Waals surface area contributed by atoms with E-state index in [1.165, 1.54) is 18.2 Å². The molecule has 174 valence electrons. The lowest BCUT2D eigenvalue weighted by Crippen LogP contribution is -2.45. The number of benzene rings is 2. The van der Waals surface area contributed by atoms with Crippen LogP contribution < -0.4 is 5.32 Å². The Hall–Kier alpha value is -2.87. The van der Waals surface area contributed by atoms with Gasteiger partial charge >= 0.3 is 6.18 Å². The van der Waals surface area contributed by atoms with E-state index in [1.54, 1.807) is 30.3 Å². The highest BCUT2D eigenvalue weighted by atomic mass is 35.5. The first-order valence-corrected chi connectivity index (χ1v) is 11.0. The summed E-state index contributed by atoms with van der Waals surface area (Å²) in [5, 5.41) is 6.84. The third kappa shape index (κ3) is 4.90. The number of carbonyl (C=O) groups excluding carboxylic acids is 1. The lowest BCUT2D eigenvalue weighted by atomic mass is 9.68. The lowest BCUT2D eigenvalue weighted by molar-refractivity contribution is -0.141. The average molecular weight is 480 g/mol. The van der Waals surface area contributed by atoms with E-state index < -0.39 is 23.1 Å². The number of aromatic nitrogens is 2. The van der Waals surface area contributed by atoms with E-state index in [0.29, 0.717) is 29.1 Å². The van der Waals surface area contributed by atoms with Gasteiger partial charge < -0.3 is 5.32 Å². The Morgan fingerprint density at radius 2 is 1.79 bits per heavy atom. The molecule has 0 atom stereocenters. The molecule has 1 N–H and O–H groups in total. The third-order valence-corrected chi connectivity index (χ3v) is 6.31. The lowest BCUT2D eigenvalue weighted by Gasteiger charge is -2.36. The highest BCUT2D eigenvalue weighted by molar-refractivity contribution is 6.30. The van der Waals surface area contributed by atoms with Gasteiger partial charge in [0, 0.05) is 5.02 Å². The Bertz CT molecular complexity index is 1150. The maximum absolute atomic E-state index is 13.9. The molecule has 0 saturated heterocycles. The van der Waals surface area contributed by atoms with Crippen molar-refractivity contribution in [2.75, 3.05) is 0 Å². The maximum atomic E-state index is 13.9. The van der Waals surface area contributed by atoms with E-state index in [2.05, 4.69) is 10.4 Å². The van der Waals surface area contributed by atoms with Crippen molar-refractivity contribution in [1.82, 2.24) is 15.1 Å². The summed E-state index contributed by atoms with van der Waals surface area (Å²) in [5.41, 5.74) is -0.903. The average Bonchev–Trinajstić information content (AvgIpc) is 3.23. The van der Waals surface area contributed by atoms with Crippen LogP contribution in [0.2, 0.25) is 5.02 Å². The fraction of sp³-hybridized carbons (Fsp3) is 0.333. The summed E-state index contributed by atoms with van der Waals surface area (Å²) in [4.78, 5) is 13.4. The fourth-order valence-electron chi connectivity index (χ4n) is 4.44. The largest absolute Gasteiger partial charge is 0.435 e. The molecule has 0 unspecified atom stereocenters. The van der Waals surface area contributed by atoms with Crippen LogP contribution >= 0.6 is 11.6 Å². The zero-order chi connectivity index (χ0) is 23.6. The van der Waals surface area contributed by atoms with Gasteiger partial charge in [0.2, 0.25) is 5.91 Å². The van der Waals surface area contributed by atoms with Crippen molar-refractivity contribution in [3.8, 4) is 5.69 Å². The van der Waals surface area contributed by atoms with Crippen LogP contribution in [-0.4, -0.2) is 15.7 Å². The van der Waals surface area contributed by atoms with Crippen molar-refractivity contribution in [3.63, 3.8) is 0 Å². The van der Waals surface area contributed by atoms with Crippen LogP contribution in [0.1, 0.15) is 49.1 Å². The normalized spacial score (nSPS) is 15.9. The molecule has 1 fully saturated rings. The number of amides is 1. The SMILES string of the molecule is O=C(NCc1cc(C(F)(F)F)nn1-c1cccc(Cl)c1)C1(c2cccc(F)c2)CCCCC1. The van der Waals surface area contributed by atoms with Gasteiger partial charge in [-0.3, -0.25) is 4.79 Å². The second-order valence-electron chi connectivity index (χ2n) is 8.25. The molecule has 33 heavy (non-hydrogen) atoms. The summed E-state index contributed by atoms with van der Waals surface area (Å²) in [6.45, 7) is -0.175. The second-order valence-corrected chi connectivity index (χ2v) is 8.68. The fourth-order valence-corrected chi connectivity index (χ4v) is 4.63. The highest BCUT2D eigenvalue weighted by Gasteiger charge is 2.41. The second kappa shape index (κ2) is 9.17. The molecular weight excluding hydrogens is 458 g/mol. The number of alkyl halides is 3. The van der Waals surface area contributed by atoms with Gasteiger partial charge in [-0.15, -0.1) is 0 Å². The van der Waals surface area contributed by atoms with Crippen molar-refractivity contribution >= 4 is 17.5 Å². The maximum Gasteiger partial charge on any atom is 0.435 e. The van der Waals surface area contributed by atoms with E-state index in [0.717, 1.165) is 30.0 Å². The topological polar surface area (TPSA) is 46.9 Å². The Labute approximate surface area is 193 Å². The minimum absolute atomic E-state index is 0.156. The molecule has 0 bridgehead atoms. The first kappa shape index (κ1) is 23.3. The van der Waals surface area contributed by atoms with Crippen molar-refractivity contribution in [1.29, 1.82) is 0 Å². The minimum Gasteiger partial charge on any atom is -0.350 e. The van der Waals surface area contributed by atoms with Crippen LogP contribution in [0.5, 0.6) is 0 Å². The number of nitrogens with one attached hydrogen (secondary N) is 1. The molecule has 0 radical (unpaired) electrons. The van der Waals surface area contributed by atoms with Gasteiger partial charge in [0.1, 0.15) is 5.82 Å². The van der Waals surface area contributed by atoms with Gasteiger partial charge in [-0.2, -0.15) is 18.3 Å². The number of hydrogen-bond acceptors (Lipinski definition) is 2. The number of nitrogens with zero attached hydrogens (tertiary/aromatic N) is 2. The molecule has 1 saturated carbocycles. The summed E-state index contributed by atoms with van der Waals surface area (Å²) in [5.74, 6) is -0.765. The van der Waals surface area contributed by atoms with E-state index in [4.69, 9.17) is 11.6 Å². The molecule has 4 rings (SSSR count). The first-order valence-electron chi connectivity index (χ1n) is 10.7. The molecule has 1 aromatic heterocycles. The Kier molecular flexibility index (Phi) is 6.47. The van der Waals surface area contributed by atoms with E-state index in [9.17, 15) is 22.4 Å².